The number of amides is 1. The number of halogens is 2. The molecule has 1 aliphatic heterocycles. The van der Waals surface area contributed by atoms with Crippen LogP contribution in [-0.4, -0.2) is 28.2 Å². The summed E-state index contributed by atoms with van der Waals surface area (Å²) < 4.78 is 26.8. The van der Waals surface area contributed by atoms with Crippen LogP contribution in [0.2, 0.25) is 0 Å². The fourth-order valence-corrected chi connectivity index (χ4v) is 3.23. The first-order chi connectivity index (χ1) is 9.88. The summed E-state index contributed by atoms with van der Waals surface area (Å²) in [6.07, 6.45) is 0.368. The molecule has 0 N–H and O–H groups in total. The van der Waals surface area contributed by atoms with Crippen molar-refractivity contribution in [1.29, 1.82) is 0 Å². The van der Waals surface area contributed by atoms with Gasteiger partial charge in [-0.05, 0) is 18.9 Å². The Morgan fingerprint density at radius 3 is 2.81 bits per heavy atom. The minimum Gasteiger partial charge on any atom is -0.335 e. The van der Waals surface area contributed by atoms with Crippen molar-refractivity contribution in [3.63, 3.8) is 0 Å². The van der Waals surface area contributed by atoms with E-state index in [1.807, 2.05) is 0 Å². The fourth-order valence-electron chi connectivity index (χ4n) is 2.54. The van der Waals surface area contributed by atoms with Crippen LogP contribution in [0.25, 0.3) is 0 Å². The van der Waals surface area contributed by atoms with Crippen LogP contribution < -0.4 is 0 Å². The third kappa shape index (κ3) is 3.81. The summed E-state index contributed by atoms with van der Waals surface area (Å²) in [7, 11) is 0. The van der Waals surface area contributed by atoms with Crippen molar-refractivity contribution in [2.75, 3.05) is 12.3 Å². The predicted molar refractivity (Wildman–Crippen MR) is 77.7 cm³/mol. The summed E-state index contributed by atoms with van der Waals surface area (Å²) in [6.45, 7) is 3.72. The monoisotopic (exact) mass is 313 g/mol. The Balaban J connectivity index is 2.07. The highest BCUT2D eigenvalue weighted by Crippen LogP contribution is 2.31. The van der Waals surface area contributed by atoms with E-state index in [0.29, 0.717) is 24.3 Å². The number of thioether (sulfide) groups is 1. The van der Waals surface area contributed by atoms with Crippen LogP contribution in [0.3, 0.4) is 0 Å². The molecule has 1 amide bonds. The van der Waals surface area contributed by atoms with Gasteiger partial charge < -0.3 is 4.90 Å². The Morgan fingerprint density at radius 2 is 2.19 bits per heavy atom. The van der Waals surface area contributed by atoms with Gasteiger partial charge in [0.1, 0.15) is 11.6 Å². The lowest BCUT2D eigenvalue weighted by molar-refractivity contribution is -0.129. The number of hydrogen-bond donors (Lipinski definition) is 0. The zero-order valence-corrected chi connectivity index (χ0v) is 12.8. The Labute approximate surface area is 126 Å². The van der Waals surface area contributed by atoms with Gasteiger partial charge in [-0.2, -0.15) is 0 Å². The first kappa shape index (κ1) is 15.9. The quantitative estimate of drug-likeness (QED) is 0.857. The molecule has 0 saturated carbocycles. The first-order valence-corrected chi connectivity index (χ1v) is 7.75. The lowest BCUT2D eigenvalue weighted by Crippen LogP contribution is -2.29. The van der Waals surface area contributed by atoms with Crippen LogP contribution in [0, 0.1) is 17.6 Å². The lowest BCUT2D eigenvalue weighted by atomic mass is 10.1. The number of carbonyl (C=O) groups excluding carboxylic acids is 2. The van der Waals surface area contributed by atoms with Crippen molar-refractivity contribution >= 4 is 22.8 Å². The molecule has 114 valence electrons. The van der Waals surface area contributed by atoms with Gasteiger partial charge in [-0.1, -0.05) is 17.8 Å². The van der Waals surface area contributed by atoms with Gasteiger partial charge in [0.05, 0.1) is 6.04 Å². The second-order valence-corrected chi connectivity index (χ2v) is 6.46. The summed E-state index contributed by atoms with van der Waals surface area (Å²) in [5, 5.41) is 0.0264. The fraction of sp³-hybridized carbons (Fsp3) is 0.467. The minimum absolute atomic E-state index is 0.0264. The topological polar surface area (TPSA) is 37.4 Å². The maximum atomic E-state index is 13.8. The Bertz CT molecular complexity index is 565. The molecule has 0 bridgehead atoms. The van der Waals surface area contributed by atoms with Crippen molar-refractivity contribution < 1.29 is 18.4 Å². The summed E-state index contributed by atoms with van der Waals surface area (Å²) in [5.74, 6) is -0.641. The van der Waals surface area contributed by atoms with Crippen LogP contribution in [-0.2, 0) is 9.59 Å². The maximum Gasteiger partial charge on any atom is 0.223 e. The number of benzene rings is 1. The first-order valence-electron chi connectivity index (χ1n) is 6.76. The van der Waals surface area contributed by atoms with E-state index < -0.39 is 17.7 Å². The summed E-state index contributed by atoms with van der Waals surface area (Å²) in [5.41, 5.74) is 0.310. The molecule has 1 aromatic rings. The zero-order chi connectivity index (χ0) is 15.6. The van der Waals surface area contributed by atoms with Crippen molar-refractivity contribution in [1.82, 2.24) is 4.90 Å². The van der Waals surface area contributed by atoms with Crippen LogP contribution in [0.15, 0.2) is 18.2 Å². The van der Waals surface area contributed by atoms with Gasteiger partial charge in [-0.15, -0.1) is 0 Å². The summed E-state index contributed by atoms with van der Waals surface area (Å²) in [6, 6.07) is 2.96. The van der Waals surface area contributed by atoms with E-state index in [2.05, 4.69) is 0 Å². The Morgan fingerprint density at radius 1 is 1.48 bits per heavy atom. The number of hydrogen-bond acceptors (Lipinski definition) is 3. The highest BCUT2D eigenvalue weighted by atomic mass is 32.2. The Kier molecular flexibility index (Phi) is 4.98. The average molecular weight is 313 g/mol. The van der Waals surface area contributed by atoms with E-state index in [0.717, 1.165) is 6.07 Å². The Hall–Kier alpha value is -1.43. The minimum atomic E-state index is -0.642. The van der Waals surface area contributed by atoms with E-state index >= 15 is 0 Å². The van der Waals surface area contributed by atoms with E-state index in [-0.39, 0.29) is 16.9 Å². The second-order valence-electron chi connectivity index (χ2n) is 5.26. The third-order valence-corrected chi connectivity index (χ3v) is 4.69. The highest BCUT2D eigenvalue weighted by Gasteiger charge is 2.34. The van der Waals surface area contributed by atoms with E-state index in [1.54, 1.807) is 11.8 Å². The van der Waals surface area contributed by atoms with Gasteiger partial charge >= 0.3 is 0 Å². The molecule has 21 heavy (non-hydrogen) atoms. The molecule has 1 aliphatic rings. The van der Waals surface area contributed by atoms with E-state index in [1.165, 1.54) is 30.8 Å². The molecule has 0 aliphatic carbocycles. The van der Waals surface area contributed by atoms with Crippen LogP contribution in [0.1, 0.15) is 31.9 Å². The highest BCUT2D eigenvalue weighted by molar-refractivity contribution is 8.13. The van der Waals surface area contributed by atoms with Crippen molar-refractivity contribution in [2.24, 2.45) is 5.92 Å². The molecule has 0 radical (unpaired) electrons. The second kappa shape index (κ2) is 6.56. The smallest absolute Gasteiger partial charge is 0.223 e. The molecule has 0 spiro atoms. The lowest BCUT2D eigenvalue weighted by Gasteiger charge is -2.25. The number of nitrogens with zero attached hydrogens (tertiary/aromatic N) is 1. The molecule has 3 nitrogen and oxygen atoms in total. The molecule has 2 rings (SSSR count). The van der Waals surface area contributed by atoms with Crippen LogP contribution in [0.4, 0.5) is 8.78 Å². The van der Waals surface area contributed by atoms with E-state index in [4.69, 9.17) is 0 Å². The van der Waals surface area contributed by atoms with Gasteiger partial charge in [-0.3, -0.25) is 9.59 Å². The van der Waals surface area contributed by atoms with Gasteiger partial charge in [0.2, 0.25) is 5.91 Å². The molecule has 1 heterocycles. The SMILES string of the molecule is CC(=O)SCC1CC(=O)N(C(C)c2ccc(F)cc2F)C1. The average Bonchev–Trinajstić information content (AvgIpc) is 2.77. The summed E-state index contributed by atoms with van der Waals surface area (Å²) >= 11 is 1.20. The number of carbonyl (C=O) groups is 2. The van der Waals surface area contributed by atoms with Gasteiger partial charge in [0.25, 0.3) is 0 Å². The summed E-state index contributed by atoms with van der Waals surface area (Å²) in [4.78, 5) is 24.6. The molecule has 1 saturated heterocycles. The van der Waals surface area contributed by atoms with Crippen molar-refractivity contribution in [3.8, 4) is 0 Å². The standard InChI is InChI=1S/C15H17F2NO2S/c1-9(13-4-3-12(16)6-14(13)17)18-7-11(5-15(18)20)8-21-10(2)19/h3-4,6,9,11H,5,7-8H2,1-2H3. The zero-order valence-electron chi connectivity index (χ0n) is 11.9. The number of rotatable bonds is 4. The molecule has 2 unspecified atom stereocenters. The largest absolute Gasteiger partial charge is 0.335 e. The van der Waals surface area contributed by atoms with Crippen LogP contribution >= 0.6 is 11.8 Å². The third-order valence-electron chi connectivity index (χ3n) is 3.64. The normalized spacial score (nSPS) is 19.9. The van der Waals surface area contributed by atoms with Crippen LogP contribution in [0.5, 0.6) is 0 Å². The number of likely N-dealkylation sites (tertiary alicyclic amines) is 1. The molecule has 0 aromatic heterocycles. The molecule has 2 atom stereocenters. The maximum absolute atomic E-state index is 13.8. The van der Waals surface area contributed by atoms with Gasteiger partial charge in [0.15, 0.2) is 5.12 Å². The molecule has 1 aromatic carbocycles. The molecular formula is C15H17F2NO2S. The van der Waals surface area contributed by atoms with Crippen molar-refractivity contribution in [2.45, 2.75) is 26.3 Å². The van der Waals surface area contributed by atoms with Gasteiger partial charge in [0, 0.05) is 37.3 Å². The van der Waals surface area contributed by atoms with E-state index in [9.17, 15) is 18.4 Å². The molecule has 1 fully saturated rings. The van der Waals surface area contributed by atoms with Gasteiger partial charge in [-0.25, -0.2) is 8.78 Å². The molecule has 6 heteroatoms. The predicted octanol–water partition coefficient (Wildman–Crippen LogP) is 3.15. The molecular weight excluding hydrogens is 296 g/mol. The van der Waals surface area contributed by atoms with Crippen molar-refractivity contribution in [3.05, 3.63) is 35.4 Å².